The van der Waals surface area contributed by atoms with E-state index >= 15 is 0 Å². The van der Waals surface area contributed by atoms with Gasteiger partial charge in [-0.15, -0.1) is 0 Å². The van der Waals surface area contributed by atoms with E-state index in [-0.39, 0.29) is 6.04 Å². The second kappa shape index (κ2) is 14.2. The van der Waals surface area contributed by atoms with E-state index in [4.69, 9.17) is 9.47 Å². The van der Waals surface area contributed by atoms with E-state index in [1.54, 1.807) is 7.11 Å². The van der Waals surface area contributed by atoms with Gasteiger partial charge in [-0.1, -0.05) is 80.6 Å². The van der Waals surface area contributed by atoms with Crippen LogP contribution in [-0.4, -0.2) is 32.8 Å². The Labute approximate surface area is 210 Å². The Hall–Kier alpha value is -3.31. The van der Waals surface area contributed by atoms with E-state index in [1.165, 1.54) is 11.1 Å². The molecule has 0 bridgehead atoms. The molecule has 186 valence electrons. The van der Waals surface area contributed by atoms with E-state index in [1.807, 2.05) is 12.1 Å². The molecule has 0 fully saturated rings. The number of anilines is 1. The predicted molar refractivity (Wildman–Crippen MR) is 143 cm³/mol. The summed E-state index contributed by atoms with van der Waals surface area (Å²) in [7, 11) is 1.71. The summed E-state index contributed by atoms with van der Waals surface area (Å²) in [4.78, 5) is 13.5. The Balaban J connectivity index is 1.94. The topological polar surface area (TPSA) is 50.8 Å². The molecule has 3 aromatic rings. The van der Waals surface area contributed by atoms with Crippen LogP contribution in [0.4, 0.5) is 5.69 Å². The van der Waals surface area contributed by atoms with Gasteiger partial charge in [-0.05, 0) is 41.2 Å². The number of amides is 1. The Morgan fingerprint density at radius 1 is 0.857 bits per heavy atom. The van der Waals surface area contributed by atoms with Crippen LogP contribution in [0.15, 0.2) is 78.9 Å². The third-order valence-corrected chi connectivity index (χ3v) is 6.09. The lowest BCUT2D eigenvalue weighted by atomic mass is 9.96. The molecule has 5 nitrogen and oxygen atoms in total. The lowest BCUT2D eigenvalue weighted by Gasteiger charge is -2.28. The SMILES string of the molecule is COCCCOc1cc(CC(NC=O)C(C)C)ccc1N(Cc1ccccc1)Cc1ccccc1. The highest BCUT2D eigenvalue weighted by atomic mass is 16.5. The average Bonchev–Trinajstić information content (AvgIpc) is 2.87. The van der Waals surface area contributed by atoms with E-state index in [9.17, 15) is 4.79 Å². The van der Waals surface area contributed by atoms with Crippen molar-refractivity contribution in [2.75, 3.05) is 25.2 Å². The first-order chi connectivity index (χ1) is 17.1. The molecule has 5 heteroatoms. The number of rotatable bonds is 15. The van der Waals surface area contributed by atoms with Gasteiger partial charge in [0.1, 0.15) is 5.75 Å². The normalized spacial score (nSPS) is 11.8. The minimum Gasteiger partial charge on any atom is -0.491 e. The van der Waals surface area contributed by atoms with Crippen LogP contribution in [0.1, 0.15) is 37.0 Å². The maximum absolute atomic E-state index is 11.1. The first-order valence-corrected chi connectivity index (χ1v) is 12.4. The van der Waals surface area contributed by atoms with Crippen molar-refractivity contribution in [3.05, 3.63) is 95.6 Å². The van der Waals surface area contributed by atoms with Crippen LogP contribution >= 0.6 is 0 Å². The third kappa shape index (κ3) is 8.45. The molecule has 1 unspecified atom stereocenters. The smallest absolute Gasteiger partial charge is 0.207 e. The monoisotopic (exact) mass is 474 g/mol. The molecular weight excluding hydrogens is 436 g/mol. The fraction of sp³-hybridized carbons (Fsp3) is 0.367. The Bertz CT molecular complexity index is 967. The summed E-state index contributed by atoms with van der Waals surface area (Å²) < 4.78 is 11.5. The number of benzene rings is 3. The zero-order valence-electron chi connectivity index (χ0n) is 21.2. The summed E-state index contributed by atoms with van der Waals surface area (Å²) >= 11 is 0. The van der Waals surface area contributed by atoms with Gasteiger partial charge in [-0.2, -0.15) is 0 Å². The average molecular weight is 475 g/mol. The maximum Gasteiger partial charge on any atom is 0.207 e. The molecule has 1 atom stereocenters. The second-order valence-electron chi connectivity index (χ2n) is 9.16. The Kier molecular flexibility index (Phi) is 10.6. The standard InChI is InChI=1S/C30H38N2O3/c1-24(2)28(31-23-33)19-27-15-16-29(30(20-27)35-18-10-17-34-3)32(21-25-11-6-4-7-12-25)22-26-13-8-5-9-14-26/h4-9,11-16,20,23-24,28H,10,17-19,21-22H2,1-3H3,(H,31,33). The number of nitrogens with one attached hydrogen (secondary N) is 1. The van der Waals surface area contributed by atoms with E-state index in [0.29, 0.717) is 19.1 Å². The van der Waals surface area contributed by atoms with Crippen LogP contribution < -0.4 is 15.0 Å². The summed E-state index contributed by atoms with van der Waals surface area (Å²) in [6.45, 7) is 7.02. The molecule has 0 saturated carbocycles. The van der Waals surface area contributed by atoms with Crippen molar-refractivity contribution >= 4 is 12.1 Å². The van der Waals surface area contributed by atoms with Gasteiger partial charge in [0.05, 0.1) is 12.3 Å². The highest BCUT2D eigenvalue weighted by Crippen LogP contribution is 2.33. The zero-order chi connectivity index (χ0) is 24.9. The zero-order valence-corrected chi connectivity index (χ0v) is 21.2. The van der Waals surface area contributed by atoms with Crippen LogP contribution in [0.25, 0.3) is 0 Å². The largest absolute Gasteiger partial charge is 0.491 e. The minimum atomic E-state index is 0.0735. The first-order valence-electron chi connectivity index (χ1n) is 12.4. The van der Waals surface area contributed by atoms with Crippen molar-refractivity contribution in [1.82, 2.24) is 5.32 Å². The molecule has 0 aromatic heterocycles. The van der Waals surface area contributed by atoms with Crippen molar-refractivity contribution in [2.24, 2.45) is 5.92 Å². The van der Waals surface area contributed by atoms with Gasteiger partial charge in [-0.25, -0.2) is 0 Å². The van der Waals surface area contributed by atoms with Crippen LogP contribution in [0.3, 0.4) is 0 Å². The van der Waals surface area contributed by atoms with Crippen molar-refractivity contribution in [2.45, 2.75) is 45.8 Å². The number of hydrogen-bond acceptors (Lipinski definition) is 4. The first kappa shape index (κ1) is 26.3. The van der Waals surface area contributed by atoms with Gasteiger partial charge < -0.3 is 19.7 Å². The van der Waals surface area contributed by atoms with Gasteiger partial charge >= 0.3 is 0 Å². The molecule has 3 rings (SSSR count). The summed E-state index contributed by atoms with van der Waals surface area (Å²) in [5.74, 6) is 1.19. The number of methoxy groups -OCH3 is 1. The number of nitrogens with zero attached hydrogens (tertiary/aromatic N) is 1. The second-order valence-corrected chi connectivity index (χ2v) is 9.16. The molecular formula is C30H38N2O3. The summed E-state index contributed by atoms with van der Waals surface area (Å²) in [6.07, 6.45) is 2.37. The fourth-order valence-electron chi connectivity index (χ4n) is 4.11. The number of carbonyl (C=O) groups is 1. The van der Waals surface area contributed by atoms with Gasteiger partial charge in [-0.3, -0.25) is 4.79 Å². The van der Waals surface area contributed by atoms with E-state index in [0.717, 1.165) is 49.3 Å². The highest BCUT2D eigenvalue weighted by molar-refractivity contribution is 5.60. The number of carbonyl (C=O) groups excluding carboxylic acids is 1. The Morgan fingerprint density at radius 3 is 2.03 bits per heavy atom. The molecule has 3 aromatic carbocycles. The molecule has 0 aliphatic rings. The molecule has 0 radical (unpaired) electrons. The Morgan fingerprint density at radius 2 is 1.49 bits per heavy atom. The van der Waals surface area contributed by atoms with Crippen molar-refractivity contribution in [3.63, 3.8) is 0 Å². The highest BCUT2D eigenvalue weighted by Gasteiger charge is 2.18. The molecule has 0 spiro atoms. The van der Waals surface area contributed by atoms with Crippen LogP contribution in [-0.2, 0) is 29.0 Å². The van der Waals surface area contributed by atoms with E-state index < -0.39 is 0 Å². The van der Waals surface area contributed by atoms with Crippen LogP contribution in [0.5, 0.6) is 5.75 Å². The lowest BCUT2D eigenvalue weighted by molar-refractivity contribution is -0.110. The molecule has 1 amide bonds. The summed E-state index contributed by atoms with van der Waals surface area (Å²) in [6, 6.07) is 27.5. The summed E-state index contributed by atoms with van der Waals surface area (Å²) in [5, 5.41) is 2.96. The minimum absolute atomic E-state index is 0.0735. The quantitative estimate of drug-likeness (QED) is 0.229. The van der Waals surface area contributed by atoms with E-state index in [2.05, 4.69) is 90.8 Å². The number of hydrogen-bond donors (Lipinski definition) is 1. The molecule has 0 saturated heterocycles. The van der Waals surface area contributed by atoms with Crippen molar-refractivity contribution in [3.8, 4) is 5.75 Å². The van der Waals surface area contributed by atoms with Gasteiger partial charge in [0.25, 0.3) is 0 Å². The molecule has 0 heterocycles. The molecule has 0 aliphatic heterocycles. The third-order valence-electron chi connectivity index (χ3n) is 6.09. The molecule has 1 N–H and O–H groups in total. The van der Waals surface area contributed by atoms with Crippen LogP contribution in [0.2, 0.25) is 0 Å². The molecule has 0 aliphatic carbocycles. The van der Waals surface area contributed by atoms with Gasteiger partial charge in [0, 0.05) is 39.3 Å². The van der Waals surface area contributed by atoms with Gasteiger partial charge in [0.15, 0.2) is 0 Å². The summed E-state index contributed by atoms with van der Waals surface area (Å²) in [5.41, 5.74) is 4.69. The molecule has 35 heavy (non-hydrogen) atoms. The van der Waals surface area contributed by atoms with Crippen molar-refractivity contribution < 1.29 is 14.3 Å². The predicted octanol–water partition coefficient (Wildman–Crippen LogP) is 5.62. The van der Waals surface area contributed by atoms with Gasteiger partial charge in [0.2, 0.25) is 6.41 Å². The number of ether oxygens (including phenoxy) is 2. The maximum atomic E-state index is 11.1. The fourth-order valence-corrected chi connectivity index (χ4v) is 4.11. The lowest BCUT2D eigenvalue weighted by Crippen LogP contribution is -2.34. The van der Waals surface area contributed by atoms with Crippen molar-refractivity contribution in [1.29, 1.82) is 0 Å². The van der Waals surface area contributed by atoms with Crippen LogP contribution in [0, 0.1) is 5.92 Å².